The van der Waals surface area contributed by atoms with Crippen LogP contribution in [-0.4, -0.2) is 75.9 Å². The summed E-state index contributed by atoms with van der Waals surface area (Å²) in [7, 11) is 0. The van der Waals surface area contributed by atoms with E-state index in [0.717, 1.165) is 37.8 Å². The second-order valence-electron chi connectivity index (χ2n) is 11.3. The number of aromatic nitrogens is 3. The first-order valence-corrected chi connectivity index (χ1v) is 14.8. The molecule has 1 spiro atoms. The van der Waals surface area contributed by atoms with E-state index in [4.69, 9.17) is 9.15 Å². The van der Waals surface area contributed by atoms with Crippen LogP contribution in [0.15, 0.2) is 90.1 Å². The first-order valence-electron chi connectivity index (χ1n) is 14.8. The summed E-state index contributed by atoms with van der Waals surface area (Å²) in [6.07, 6.45) is 9.56. The molecule has 6 rings (SSSR count). The van der Waals surface area contributed by atoms with E-state index in [-0.39, 0.29) is 17.2 Å². The highest BCUT2D eigenvalue weighted by molar-refractivity contribution is 5.97. The largest absolute Gasteiger partial charge is 0.492 e. The summed E-state index contributed by atoms with van der Waals surface area (Å²) < 4.78 is 11.6. The Morgan fingerprint density at radius 3 is 2.37 bits per heavy atom. The van der Waals surface area contributed by atoms with Crippen molar-refractivity contribution in [3.8, 4) is 5.75 Å². The predicted molar refractivity (Wildman–Crippen MR) is 161 cm³/mol. The molecule has 2 amide bonds. The molecule has 0 N–H and O–H groups in total. The van der Waals surface area contributed by atoms with Gasteiger partial charge in [0.05, 0.1) is 12.2 Å². The maximum Gasteiger partial charge on any atom is 0.275 e. The standard InChI is InChI=1S/C33H36N6O4/c40-30-27-10-4-5-11-29(27)43-24-33(13-18-37(19-14-33)31(41)28-23-42-25-36-28)12-6-17-38(32-34-15-7-16-35-32)20-21-39(30)22-26-8-2-1-3-9-26/h1-5,7-11,15-16,23,25H,6,12-14,17-22,24H2. The van der Waals surface area contributed by atoms with Gasteiger partial charge in [0.25, 0.3) is 11.8 Å². The van der Waals surface area contributed by atoms with E-state index in [2.05, 4.69) is 19.9 Å². The van der Waals surface area contributed by atoms with Gasteiger partial charge in [0.15, 0.2) is 12.1 Å². The van der Waals surface area contributed by atoms with Crippen molar-refractivity contribution in [2.24, 2.45) is 5.41 Å². The Hall–Kier alpha value is -4.73. The Morgan fingerprint density at radius 1 is 0.837 bits per heavy atom. The Kier molecular flexibility index (Phi) is 8.62. The molecular formula is C33H36N6O4. The van der Waals surface area contributed by atoms with Crippen LogP contribution < -0.4 is 9.64 Å². The first kappa shape index (κ1) is 28.4. The van der Waals surface area contributed by atoms with Gasteiger partial charge in [-0.15, -0.1) is 0 Å². The minimum atomic E-state index is -0.155. The number of carbonyl (C=O) groups excluding carboxylic acids is 2. The molecule has 2 aromatic carbocycles. The fourth-order valence-corrected chi connectivity index (χ4v) is 6.01. The lowest BCUT2D eigenvalue weighted by atomic mass is 9.75. The molecule has 0 unspecified atom stereocenters. The number of hydrogen-bond donors (Lipinski definition) is 0. The SMILES string of the molecule is O=C(c1cocn1)N1CCC2(CCCN(c3ncccn3)CCN(Cc3ccccc3)C(=O)c3ccccc3OC2)CC1. The van der Waals surface area contributed by atoms with Gasteiger partial charge in [0.2, 0.25) is 5.95 Å². The molecular weight excluding hydrogens is 544 g/mol. The lowest BCUT2D eigenvalue weighted by Gasteiger charge is -2.42. The molecule has 2 aliphatic rings. The van der Waals surface area contributed by atoms with Gasteiger partial charge in [-0.3, -0.25) is 9.59 Å². The maximum atomic E-state index is 14.1. The van der Waals surface area contributed by atoms with Crippen LogP contribution >= 0.6 is 0 Å². The van der Waals surface area contributed by atoms with Crippen molar-refractivity contribution in [2.75, 3.05) is 44.2 Å². The third-order valence-electron chi connectivity index (χ3n) is 8.53. The minimum absolute atomic E-state index is 0.0743. The van der Waals surface area contributed by atoms with Crippen LogP contribution in [0.4, 0.5) is 5.95 Å². The number of hydrogen-bond acceptors (Lipinski definition) is 8. The van der Waals surface area contributed by atoms with Gasteiger partial charge < -0.3 is 23.9 Å². The summed E-state index contributed by atoms with van der Waals surface area (Å²) in [4.78, 5) is 46.1. The number of piperidine rings is 1. The van der Waals surface area contributed by atoms with Crippen molar-refractivity contribution in [1.82, 2.24) is 24.8 Å². The number of rotatable bonds is 4. The molecule has 0 saturated carbocycles. The van der Waals surface area contributed by atoms with E-state index in [1.165, 1.54) is 12.7 Å². The van der Waals surface area contributed by atoms with E-state index >= 15 is 0 Å². The van der Waals surface area contributed by atoms with Crippen molar-refractivity contribution >= 4 is 17.8 Å². The van der Waals surface area contributed by atoms with E-state index in [1.54, 1.807) is 12.4 Å². The van der Waals surface area contributed by atoms with Crippen molar-refractivity contribution < 1.29 is 18.7 Å². The Balaban J connectivity index is 1.28. The van der Waals surface area contributed by atoms with Gasteiger partial charge in [-0.05, 0) is 49.4 Å². The number of amides is 2. The molecule has 4 heterocycles. The zero-order chi connectivity index (χ0) is 29.5. The third-order valence-corrected chi connectivity index (χ3v) is 8.53. The van der Waals surface area contributed by atoms with Crippen molar-refractivity contribution in [3.05, 3.63) is 103 Å². The average molecular weight is 581 g/mol. The van der Waals surface area contributed by atoms with Gasteiger partial charge in [-0.2, -0.15) is 0 Å². The molecule has 2 aliphatic heterocycles. The predicted octanol–water partition coefficient (Wildman–Crippen LogP) is 4.71. The van der Waals surface area contributed by atoms with Crippen LogP contribution in [-0.2, 0) is 6.54 Å². The molecule has 222 valence electrons. The second-order valence-corrected chi connectivity index (χ2v) is 11.3. The highest BCUT2D eigenvalue weighted by Crippen LogP contribution is 2.38. The summed E-state index contributed by atoms with van der Waals surface area (Å²) in [6.45, 7) is 4.00. The van der Waals surface area contributed by atoms with Gasteiger partial charge in [-0.1, -0.05) is 42.5 Å². The van der Waals surface area contributed by atoms with Gasteiger partial charge in [0, 0.05) is 57.1 Å². The summed E-state index contributed by atoms with van der Waals surface area (Å²) in [5, 5.41) is 0. The normalized spacial score (nSPS) is 17.8. The van der Waals surface area contributed by atoms with Crippen LogP contribution in [0, 0.1) is 5.41 Å². The van der Waals surface area contributed by atoms with Gasteiger partial charge >= 0.3 is 0 Å². The summed E-state index contributed by atoms with van der Waals surface area (Å²) in [5.41, 5.74) is 1.78. The number of benzene rings is 2. The quantitative estimate of drug-likeness (QED) is 0.342. The number of carbonyl (C=O) groups is 2. The van der Waals surface area contributed by atoms with E-state index in [0.29, 0.717) is 62.3 Å². The number of anilines is 1. The number of likely N-dealkylation sites (tertiary alicyclic amines) is 1. The van der Waals surface area contributed by atoms with Crippen LogP contribution in [0.5, 0.6) is 5.75 Å². The molecule has 10 nitrogen and oxygen atoms in total. The summed E-state index contributed by atoms with van der Waals surface area (Å²) in [6, 6.07) is 19.4. The molecule has 1 saturated heterocycles. The van der Waals surface area contributed by atoms with Crippen LogP contribution in [0.25, 0.3) is 0 Å². The van der Waals surface area contributed by atoms with Gasteiger partial charge in [-0.25, -0.2) is 15.0 Å². The zero-order valence-electron chi connectivity index (χ0n) is 24.2. The van der Waals surface area contributed by atoms with Gasteiger partial charge in [0.1, 0.15) is 12.0 Å². The molecule has 0 bridgehead atoms. The number of ether oxygens (including phenoxy) is 1. The van der Waals surface area contributed by atoms with Crippen molar-refractivity contribution in [1.29, 1.82) is 0 Å². The van der Waals surface area contributed by atoms with Crippen LogP contribution in [0.3, 0.4) is 0 Å². The molecule has 10 heteroatoms. The fourth-order valence-electron chi connectivity index (χ4n) is 6.01. The van der Waals surface area contributed by atoms with E-state index < -0.39 is 0 Å². The lowest BCUT2D eigenvalue weighted by Crippen LogP contribution is -2.46. The fraction of sp³-hybridized carbons (Fsp3) is 0.364. The monoisotopic (exact) mass is 580 g/mol. The highest BCUT2D eigenvalue weighted by atomic mass is 16.5. The lowest BCUT2D eigenvalue weighted by molar-refractivity contribution is 0.0360. The summed E-state index contributed by atoms with van der Waals surface area (Å²) in [5.74, 6) is 1.06. The van der Waals surface area contributed by atoms with E-state index in [1.807, 2.05) is 70.5 Å². The molecule has 4 aromatic rings. The van der Waals surface area contributed by atoms with Crippen molar-refractivity contribution in [3.63, 3.8) is 0 Å². The smallest absolute Gasteiger partial charge is 0.275 e. The molecule has 2 aromatic heterocycles. The van der Waals surface area contributed by atoms with E-state index in [9.17, 15) is 9.59 Å². The van der Waals surface area contributed by atoms with Crippen molar-refractivity contribution in [2.45, 2.75) is 32.2 Å². The summed E-state index contributed by atoms with van der Waals surface area (Å²) >= 11 is 0. The number of fused-ring (bicyclic) bond motifs is 1. The molecule has 0 radical (unpaired) electrons. The minimum Gasteiger partial charge on any atom is -0.492 e. The Bertz CT molecular complexity index is 1490. The topological polar surface area (TPSA) is 105 Å². The number of para-hydroxylation sites is 1. The molecule has 1 fully saturated rings. The second kappa shape index (κ2) is 13.1. The Labute approximate surface area is 251 Å². The molecule has 0 aliphatic carbocycles. The number of oxazole rings is 1. The molecule has 43 heavy (non-hydrogen) atoms. The number of nitrogens with zero attached hydrogens (tertiary/aromatic N) is 6. The third kappa shape index (κ3) is 6.69. The van der Waals surface area contributed by atoms with Crippen LogP contribution in [0.1, 0.15) is 52.1 Å². The van der Waals surface area contributed by atoms with Crippen LogP contribution in [0.2, 0.25) is 0 Å². The first-order chi connectivity index (χ1) is 21.1. The molecule has 0 atom stereocenters. The highest BCUT2D eigenvalue weighted by Gasteiger charge is 2.38. The Morgan fingerprint density at radius 2 is 1.60 bits per heavy atom. The zero-order valence-corrected chi connectivity index (χ0v) is 24.2. The maximum absolute atomic E-state index is 14.1. The average Bonchev–Trinajstić information content (AvgIpc) is 3.61.